The number of benzene rings is 1. The second-order valence-corrected chi connectivity index (χ2v) is 10.1. The predicted octanol–water partition coefficient (Wildman–Crippen LogP) is 6.31. The van der Waals surface area contributed by atoms with Crippen LogP contribution in [0.25, 0.3) is 0 Å². The molecule has 1 N–H and O–H groups in total. The van der Waals surface area contributed by atoms with Crippen LogP contribution >= 0.6 is 22.7 Å². The molecular formula is C25H27NO4S2. The molecule has 0 saturated heterocycles. The molecule has 0 unspecified atom stereocenters. The van der Waals surface area contributed by atoms with E-state index in [9.17, 15) is 9.59 Å². The number of thiophene rings is 2. The number of nitrogens with one attached hydrogen (secondary N) is 1. The van der Waals surface area contributed by atoms with Crippen LogP contribution < -0.4 is 10.1 Å². The minimum absolute atomic E-state index is 0.213. The molecule has 7 heteroatoms. The maximum absolute atomic E-state index is 13.0. The number of esters is 1. The lowest BCUT2D eigenvalue weighted by Gasteiger charge is -2.09. The Morgan fingerprint density at radius 1 is 1.09 bits per heavy atom. The lowest BCUT2D eigenvalue weighted by Crippen LogP contribution is -2.13. The Bertz CT molecular complexity index is 1150. The van der Waals surface area contributed by atoms with Gasteiger partial charge in [0.15, 0.2) is 0 Å². The van der Waals surface area contributed by atoms with Crippen molar-refractivity contribution in [1.29, 1.82) is 0 Å². The smallest absolute Gasteiger partial charge is 0.341 e. The molecule has 2 heterocycles. The van der Waals surface area contributed by atoms with E-state index >= 15 is 0 Å². The molecule has 0 fully saturated rings. The van der Waals surface area contributed by atoms with Gasteiger partial charge in [-0.05, 0) is 73.7 Å². The molecule has 0 atom stereocenters. The fourth-order valence-electron chi connectivity index (χ4n) is 3.91. The molecule has 168 valence electrons. The number of anilines is 1. The zero-order chi connectivity index (χ0) is 22.7. The van der Waals surface area contributed by atoms with Crippen LogP contribution in [0.5, 0.6) is 5.75 Å². The molecule has 32 heavy (non-hydrogen) atoms. The summed E-state index contributed by atoms with van der Waals surface area (Å²) in [5, 5.41) is 5.50. The van der Waals surface area contributed by atoms with E-state index < -0.39 is 0 Å². The highest BCUT2D eigenvalue weighted by molar-refractivity contribution is 7.17. The summed E-state index contributed by atoms with van der Waals surface area (Å²) in [6.07, 6.45) is 5.11. The molecule has 0 bridgehead atoms. The zero-order valence-electron chi connectivity index (χ0n) is 18.6. The molecule has 2 aromatic heterocycles. The molecule has 3 aromatic rings. The number of hydrogen-bond acceptors (Lipinski definition) is 6. The fraction of sp³-hybridized carbons (Fsp3) is 0.360. The van der Waals surface area contributed by atoms with Gasteiger partial charge in [0.1, 0.15) is 17.4 Å². The minimum Gasteiger partial charge on any atom is -0.489 e. The maximum atomic E-state index is 13.0. The largest absolute Gasteiger partial charge is 0.489 e. The summed E-state index contributed by atoms with van der Waals surface area (Å²) in [5.41, 5.74) is 4.74. The first-order valence-electron chi connectivity index (χ1n) is 10.8. The van der Waals surface area contributed by atoms with Gasteiger partial charge in [-0.15, -0.1) is 22.7 Å². The van der Waals surface area contributed by atoms with Gasteiger partial charge in [0.05, 0.1) is 17.6 Å². The van der Waals surface area contributed by atoms with Crippen LogP contribution in [0.15, 0.2) is 29.6 Å². The van der Waals surface area contributed by atoms with E-state index in [4.69, 9.17) is 9.47 Å². The van der Waals surface area contributed by atoms with E-state index in [2.05, 4.69) is 11.4 Å². The number of carbonyl (C=O) groups is 2. The summed E-state index contributed by atoms with van der Waals surface area (Å²) in [4.78, 5) is 27.2. The predicted molar refractivity (Wildman–Crippen MR) is 129 cm³/mol. The van der Waals surface area contributed by atoms with E-state index in [1.165, 1.54) is 34.7 Å². The second kappa shape index (κ2) is 9.88. The molecule has 1 aliphatic carbocycles. The van der Waals surface area contributed by atoms with Crippen molar-refractivity contribution in [2.24, 2.45) is 0 Å². The summed E-state index contributed by atoms with van der Waals surface area (Å²) in [6, 6.07) is 7.96. The molecule has 4 rings (SSSR count). The Kier molecular flexibility index (Phi) is 6.96. The second-order valence-electron chi connectivity index (χ2n) is 8.09. The third-order valence-corrected chi connectivity index (χ3v) is 7.84. The average Bonchev–Trinajstić information content (AvgIpc) is 3.32. The highest BCUT2D eigenvalue weighted by Crippen LogP contribution is 2.38. The number of fused-ring (bicyclic) bond motifs is 1. The standard InChI is InChI=1S/C25H27NO4S2/c1-15-9-10-16(2)19(11-15)30-13-17-12-21(31-14-17)23(27)26-24-22(25(28)29-3)18-7-5-4-6-8-20(18)32-24/h9-12,14H,4-8,13H2,1-3H3,(H,26,27). The Hall–Kier alpha value is -2.64. The quantitative estimate of drug-likeness (QED) is 0.339. The monoisotopic (exact) mass is 469 g/mol. The van der Waals surface area contributed by atoms with Gasteiger partial charge < -0.3 is 14.8 Å². The summed E-state index contributed by atoms with van der Waals surface area (Å²) in [5.74, 6) is 0.257. The minimum atomic E-state index is -0.381. The van der Waals surface area contributed by atoms with Crippen molar-refractivity contribution in [3.63, 3.8) is 0 Å². The summed E-state index contributed by atoms with van der Waals surface area (Å²) in [7, 11) is 1.39. The molecule has 0 spiro atoms. The molecule has 0 radical (unpaired) electrons. The van der Waals surface area contributed by atoms with E-state index in [1.807, 2.05) is 37.4 Å². The number of rotatable bonds is 6. The van der Waals surface area contributed by atoms with Crippen molar-refractivity contribution in [1.82, 2.24) is 0 Å². The third kappa shape index (κ3) is 4.89. The van der Waals surface area contributed by atoms with Gasteiger partial charge in [-0.2, -0.15) is 0 Å². The Morgan fingerprint density at radius 3 is 2.72 bits per heavy atom. The summed E-state index contributed by atoms with van der Waals surface area (Å²) >= 11 is 2.88. The zero-order valence-corrected chi connectivity index (χ0v) is 20.2. The Morgan fingerprint density at radius 2 is 1.91 bits per heavy atom. The van der Waals surface area contributed by atoms with Crippen LogP contribution in [0.4, 0.5) is 5.00 Å². The number of carbonyl (C=O) groups excluding carboxylic acids is 2. The highest BCUT2D eigenvalue weighted by Gasteiger charge is 2.26. The first kappa shape index (κ1) is 22.6. The molecular weight excluding hydrogens is 442 g/mol. The SMILES string of the molecule is COC(=O)c1c(NC(=O)c2cc(COc3cc(C)ccc3C)cs2)sc2c1CCCCC2. The summed E-state index contributed by atoms with van der Waals surface area (Å²) in [6.45, 7) is 4.45. The van der Waals surface area contributed by atoms with Crippen molar-refractivity contribution in [3.8, 4) is 5.75 Å². The van der Waals surface area contributed by atoms with Gasteiger partial charge in [-0.1, -0.05) is 18.6 Å². The molecule has 1 amide bonds. The molecule has 1 aromatic carbocycles. The fourth-order valence-corrected chi connectivity index (χ4v) is 5.97. The number of methoxy groups -OCH3 is 1. The van der Waals surface area contributed by atoms with Gasteiger partial charge >= 0.3 is 5.97 Å². The van der Waals surface area contributed by atoms with Crippen molar-refractivity contribution in [3.05, 3.63) is 67.2 Å². The van der Waals surface area contributed by atoms with Crippen molar-refractivity contribution < 1.29 is 19.1 Å². The van der Waals surface area contributed by atoms with Crippen LogP contribution in [0.1, 0.15) is 66.4 Å². The summed E-state index contributed by atoms with van der Waals surface area (Å²) < 4.78 is 11.0. The average molecular weight is 470 g/mol. The van der Waals surface area contributed by atoms with E-state index in [-0.39, 0.29) is 11.9 Å². The van der Waals surface area contributed by atoms with Crippen molar-refractivity contribution >= 4 is 39.6 Å². The topological polar surface area (TPSA) is 64.6 Å². The van der Waals surface area contributed by atoms with Gasteiger partial charge in [-0.25, -0.2) is 4.79 Å². The molecule has 1 aliphatic rings. The van der Waals surface area contributed by atoms with Crippen molar-refractivity contribution in [2.45, 2.75) is 52.6 Å². The first-order valence-corrected chi connectivity index (χ1v) is 12.5. The first-order chi connectivity index (χ1) is 15.5. The van der Waals surface area contributed by atoms with Gasteiger partial charge in [0.2, 0.25) is 0 Å². The van der Waals surface area contributed by atoms with Crippen LogP contribution in [-0.4, -0.2) is 19.0 Å². The maximum Gasteiger partial charge on any atom is 0.341 e. The molecule has 0 aliphatic heterocycles. The van der Waals surface area contributed by atoms with Crippen LogP contribution in [-0.2, 0) is 24.2 Å². The van der Waals surface area contributed by atoms with E-state index in [1.54, 1.807) is 0 Å². The van der Waals surface area contributed by atoms with Crippen LogP contribution in [0, 0.1) is 13.8 Å². The number of hydrogen-bond donors (Lipinski definition) is 1. The lowest BCUT2D eigenvalue weighted by atomic mass is 10.1. The van der Waals surface area contributed by atoms with Crippen molar-refractivity contribution in [2.75, 3.05) is 12.4 Å². The van der Waals surface area contributed by atoms with Gasteiger partial charge in [0.25, 0.3) is 5.91 Å². The Balaban J connectivity index is 1.48. The number of aryl methyl sites for hydroxylation is 3. The normalized spacial score (nSPS) is 13.2. The third-order valence-electron chi connectivity index (χ3n) is 5.65. The molecule has 0 saturated carbocycles. The van der Waals surface area contributed by atoms with Crippen LogP contribution in [0.3, 0.4) is 0 Å². The highest BCUT2D eigenvalue weighted by atomic mass is 32.1. The number of amides is 1. The number of ether oxygens (including phenoxy) is 2. The lowest BCUT2D eigenvalue weighted by molar-refractivity contribution is 0.0601. The van der Waals surface area contributed by atoms with Gasteiger partial charge in [0, 0.05) is 10.4 Å². The molecule has 5 nitrogen and oxygen atoms in total. The Labute approximate surface area is 196 Å². The van der Waals surface area contributed by atoms with E-state index in [0.29, 0.717) is 22.0 Å². The van der Waals surface area contributed by atoms with Gasteiger partial charge in [-0.3, -0.25) is 4.79 Å². The van der Waals surface area contributed by atoms with Crippen LogP contribution in [0.2, 0.25) is 0 Å². The van der Waals surface area contributed by atoms with E-state index in [0.717, 1.165) is 60.1 Å².